The monoisotopic (exact) mass is 315 g/mol. The molecule has 122 valence electrons. The number of methoxy groups -OCH3 is 1. The maximum atomic E-state index is 12.0. The maximum absolute atomic E-state index is 12.0. The Morgan fingerprint density at radius 3 is 2.52 bits per heavy atom. The SMILES string of the molecule is COc1ccc(CN(C)C(=O)NCCNc2ncccn2)cc1. The number of benzene rings is 1. The summed E-state index contributed by atoms with van der Waals surface area (Å²) in [5, 5.41) is 5.87. The van der Waals surface area contributed by atoms with Gasteiger partial charge < -0.3 is 20.3 Å². The number of nitrogens with zero attached hydrogens (tertiary/aromatic N) is 3. The molecule has 1 aromatic heterocycles. The van der Waals surface area contributed by atoms with Crippen molar-refractivity contribution in [2.24, 2.45) is 0 Å². The van der Waals surface area contributed by atoms with Crippen LogP contribution in [0.3, 0.4) is 0 Å². The molecule has 1 aromatic carbocycles. The van der Waals surface area contributed by atoms with E-state index < -0.39 is 0 Å². The molecular formula is C16H21N5O2. The molecule has 2 aromatic rings. The Morgan fingerprint density at radius 2 is 1.87 bits per heavy atom. The summed E-state index contributed by atoms with van der Waals surface area (Å²) in [6, 6.07) is 9.27. The molecule has 0 saturated carbocycles. The molecule has 2 rings (SSSR count). The topological polar surface area (TPSA) is 79.4 Å². The lowest BCUT2D eigenvalue weighted by atomic mass is 10.2. The van der Waals surface area contributed by atoms with E-state index in [0.29, 0.717) is 25.6 Å². The Bertz CT molecular complexity index is 604. The third-order valence-electron chi connectivity index (χ3n) is 3.18. The minimum absolute atomic E-state index is 0.128. The molecule has 0 aliphatic rings. The number of aromatic nitrogens is 2. The number of ether oxygens (including phenoxy) is 1. The van der Waals surface area contributed by atoms with Gasteiger partial charge in [-0.3, -0.25) is 0 Å². The predicted molar refractivity (Wildman–Crippen MR) is 88.4 cm³/mol. The zero-order chi connectivity index (χ0) is 16.5. The average Bonchev–Trinajstić information content (AvgIpc) is 2.60. The number of amides is 2. The van der Waals surface area contributed by atoms with Gasteiger partial charge in [-0.25, -0.2) is 14.8 Å². The van der Waals surface area contributed by atoms with Gasteiger partial charge in [0, 0.05) is 39.1 Å². The number of carbonyl (C=O) groups is 1. The van der Waals surface area contributed by atoms with Gasteiger partial charge in [-0.05, 0) is 23.8 Å². The van der Waals surface area contributed by atoms with E-state index in [1.807, 2.05) is 24.3 Å². The van der Waals surface area contributed by atoms with Gasteiger partial charge in [-0.15, -0.1) is 0 Å². The van der Waals surface area contributed by atoms with Crippen LogP contribution in [0.5, 0.6) is 5.75 Å². The highest BCUT2D eigenvalue weighted by Gasteiger charge is 2.08. The minimum atomic E-state index is -0.128. The quantitative estimate of drug-likeness (QED) is 0.761. The highest BCUT2D eigenvalue weighted by atomic mass is 16.5. The van der Waals surface area contributed by atoms with E-state index in [2.05, 4.69) is 20.6 Å². The highest BCUT2D eigenvalue weighted by molar-refractivity contribution is 5.73. The second-order valence-electron chi connectivity index (χ2n) is 4.94. The molecule has 23 heavy (non-hydrogen) atoms. The molecule has 0 unspecified atom stereocenters. The standard InChI is InChI=1S/C16H21N5O2/c1-21(12-13-4-6-14(23-2)7-5-13)16(22)20-11-10-19-15-17-8-3-9-18-15/h3-9H,10-12H2,1-2H3,(H,20,22)(H,17,18,19). The van der Waals surface area contributed by atoms with E-state index >= 15 is 0 Å². The molecule has 0 bridgehead atoms. The van der Waals surface area contributed by atoms with Crippen molar-refractivity contribution in [2.75, 3.05) is 32.6 Å². The molecule has 0 fully saturated rings. The van der Waals surface area contributed by atoms with E-state index in [0.717, 1.165) is 11.3 Å². The fraction of sp³-hybridized carbons (Fsp3) is 0.312. The zero-order valence-corrected chi connectivity index (χ0v) is 13.3. The molecular weight excluding hydrogens is 294 g/mol. The van der Waals surface area contributed by atoms with Crippen LogP contribution in [0.25, 0.3) is 0 Å². The first-order valence-corrected chi connectivity index (χ1v) is 7.32. The lowest BCUT2D eigenvalue weighted by molar-refractivity contribution is 0.207. The summed E-state index contributed by atoms with van der Waals surface area (Å²) in [4.78, 5) is 21.7. The van der Waals surface area contributed by atoms with Gasteiger partial charge in [0.15, 0.2) is 0 Å². The van der Waals surface area contributed by atoms with E-state index in [1.54, 1.807) is 37.5 Å². The largest absolute Gasteiger partial charge is 0.497 e. The van der Waals surface area contributed by atoms with Gasteiger partial charge in [-0.1, -0.05) is 12.1 Å². The summed E-state index contributed by atoms with van der Waals surface area (Å²) in [5.41, 5.74) is 1.04. The Morgan fingerprint density at radius 1 is 1.17 bits per heavy atom. The van der Waals surface area contributed by atoms with Crippen molar-refractivity contribution in [3.8, 4) is 5.75 Å². The van der Waals surface area contributed by atoms with Gasteiger partial charge >= 0.3 is 6.03 Å². The van der Waals surface area contributed by atoms with Crippen LogP contribution in [0.4, 0.5) is 10.7 Å². The second-order valence-corrected chi connectivity index (χ2v) is 4.94. The first kappa shape index (κ1) is 16.5. The van der Waals surface area contributed by atoms with Crippen LogP contribution in [-0.4, -0.2) is 48.1 Å². The van der Waals surface area contributed by atoms with Crippen molar-refractivity contribution in [3.05, 3.63) is 48.3 Å². The number of rotatable bonds is 7. The van der Waals surface area contributed by atoms with Gasteiger partial charge in [0.05, 0.1) is 7.11 Å². The third kappa shape index (κ3) is 5.46. The summed E-state index contributed by atoms with van der Waals surface area (Å²) in [6.07, 6.45) is 3.33. The average molecular weight is 315 g/mol. The lowest BCUT2D eigenvalue weighted by Crippen LogP contribution is -2.39. The number of urea groups is 1. The molecule has 0 aliphatic heterocycles. The van der Waals surface area contributed by atoms with Crippen LogP contribution in [0, 0.1) is 0 Å². The van der Waals surface area contributed by atoms with Gasteiger partial charge in [0.25, 0.3) is 0 Å². The van der Waals surface area contributed by atoms with E-state index in [4.69, 9.17) is 4.74 Å². The van der Waals surface area contributed by atoms with Crippen LogP contribution in [0.2, 0.25) is 0 Å². The van der Waals surface area contributed by atoms with Crippen molar-refractivity contribution in [1.29, 1.82) is 0 Å². The highest BCUT2D eigenvalue weighted by Crippen LogP contribution is 2.12. The number of hydrogen-bond acceptors (Lipinski definition) is 5. The number of hydrogen-bond donors (Lipinski definition) is 2. The normalized spacial score (nSPS) is 10.0. The number of nitrogens with one attached hydrogen (secondary N) is 2. The summed E-state index contributed by atoms with van der Waals surface area (Å²) in [6.45, 7) is 1.58. The Balaban J connectivity index is 1.69. The lowest BCUT2D eigenvalue weighted by Gasteiger charge is -2.18. The van der Waals surface area contributed by atoms with Gasteiger partial charge in [-0.2, -0.15) is 0 Å². The molecule has 0 radical (unpaired) electrons. The summed E-state index contributed by atoms with van der Waals surface area (Å²) in [7, 11) is 3.39. The van der Waals surface area contributed by atoms with Gasteiger partial charge in [0.2, 0.25) is 5.95 Å². The van der Waals surface area contributed by atoms with E-state index in [9.17, 15) is 4.79 Å². The molecule has 0 atom stereocenters. The molecule has 7 heteroatoms. The summed E-state index contributed by atoms with van der Waals surface area (Å²) >= 11 is 0. The maximum Gasteiger partial charge on any atom is 0.317 e. The van der Waals surface area contributed by atoms with E-state index in [1.165, 1.54) is 0 Å². The van der Waals surface area contributed by atoms with Crippen LogP contribution in [0.15, 0.2) is 42.7 Å². The van der Waals surface area contributed by atoms with E-state index in [-0.39, 0.29) is 6.03 Å². The van der Waals surface area contributed by atoms with Crippen LogP contribution < -0.4 is 15.4 Å². The van der Waals surface area contributed by atoms with Crippen molar-refractivity contribution in [1.82, 2.24) is 20.2 Å². The van der Waals surface area contributed by atoms with Crippen molar-refractivity contribution >= 4 is 12.0 Å². The molecule has 1 heterocycles. The van der Waals surface area contributed by atoms with Crippen molar-refractivity contribution in [3.63, 3.8) is 0 Å². The van der Waals surface area contributed by atoms with Crippen LogP contribution >= 0.6 is 0 Å². The second kappa shape index (κ2) is 8.57. The number of anilines is 1. The Kier molecular flexibility index (Phi) is 6.17. The summed E-state index contributed by atoms with van der Waals surface area (Å²) in [5.74, 6) is 1.35. The Labute approximate surface area is 135 Å². The molecule has 0 aliphatic carbocycles. The predicted octanol–water partition coefficient (Wildman–Crippen LogP) is 1.74. The van der Waals surface area contributed by atoms with Gasteiger partial charge in [0.1, 0.15) is 5.75 Å². The molecule has 2 amide bonds. The first-order chi connectivity index (χ1) is 11.2. The Hall–Kier alpha value is -2.83. The zero-order valence-electron chi connectivity index (χ0n) is 13.3. The van der Waals surface area contributed by atoms with Crippen molar-refractivity contribution in [2.45, 2.75) is 6.54 Å². The molecule has 0 saturated heterocycles. The first-order valence-electron chi connectivity index (χ1n) is 7.32. The third-order valence-corrected chi connectivity index (χ3v) is 3.18. The minimum Gasteiger partial charge on any atom is -0.497 e. The summed E-state index contributed by atoms with van der Waals surface area (Å²) < 4.78 is 5.11. The van der Waals surface area contributed by atoms with Crippen molar-refractivity contribution < 1.29 is 9.53 Å². The van der Waals surface area contributed by atoms with Crippen LogP contribution in [-0.2, 0) is 6.54 Å². The fourth-order valence-corrected chi connectivity index (χ4v) is 1.95. The molecule has 0 spiro atoms. The fourth-order valence-electron chi connectivity index (χ4n) is 1.95. The molecule has 2 N–H and O–H groups in total. The smallest absolute Gasteiger partial charge is 0.317 e. The number of carbonyl (C=O) groups excluding carboxylic acids is 1. The van der Waals surface area contributed by atoms with Crippen LogP contribution in [0.1, 0.15) is 5.56 Å². The molecule has 7 nitrogen and oxygen atoms in total.